The lowest BCUT2D eigenvalue weighted by molar-refractivity contribution is -0.131. The summed E-state index contributed by atoms with van der Waals surface area (Å²) >= 11 is 0. The molecule has 0 unspecified atom stereocenters. The van der Waals surface area contributed by atoms with Crippen molar-refractivity contribution in [3.8, 4) is 0 Å². The number of likely N-dealkylation sites (tertiary alicyclic amines) is 1. The summed E-state index contributed by atoms with van der Waals surface area (Å²) in [5.41, 5.74) is 0.694. The summed E-state index contributed by atoms with van der Waals surface area (Å²) in [6.07, 6.45) is 2.80. The summed E-state index contributed by atoms with van der Waals surface area (Å²) in [4.78, 5) is 13.9. The van der Waals surface area contributed by atoms with E-state index in [-0.39, 0.29) is 11.7 Å². The second-order valence-electron chi connectivity index (χ2n) is 5.58. The first-order chi connectivity index (χ1) is 9.66. The third-order valence-corrected chi connectivity index (χ3v) is 3.94. The van der Waals surface area contributed by atoms with Crippen LogP contribution in [0.25, 0.3) is 0 Å². The Morgan fingerprint density at radius 3 is 2.75 bits per heavy atom. The first-order valence-corrected chi connectivity index (χ1v) is 7.38. The van der Waals surface area contributed by atoms with Crippen LogP contribution in [0.15, 0.2) is 24.3 Å². The highest BCUT2D eigenvalue weighted by Gasteiger charge is 2.19. The standard InChI is InChI=1S/C16H23FN2O/c1-13-7-10-19(11-8-13)16(20)12-18-9-6-14-4-2-3-5-15(14)17/h2-5,13,18H,6-12H2,1H3. The van der Waals surface area contributed by atoms with Crippen LogP contribution >= 0.6 is 0 Å². The van der Waals surface area contributed by atoms with Gasteiger partial charge in [0.15, 0.2) is 0 Å². The first kappa shape index (κ1) is 15.0. The van der Waals surface area contributed by atoms with E-state index in [9.17, 15) is 9.18 Å². The van der Waals surface area contributed by atoms with Crippen molar-refractivity contribution < 1.29 is 9.18 Å². The molecule has 0 atom stereocenters. The van der Waals surface area contributed by atoms with Crippen LogP contribution < -0.4 is 5.32 Å². The molecule has 0 saturated carbocycles. The topological polar surface area (TPSA) is 32.3 Å². The molecule has 2 rings (SSSR count). The van der Waals surface area contributed by atoms with Crippen LogP contribution in [0.3, 0.4) is 0 Å². The van der Waals surface area contributed by atoms with E-state index >= 15 is 0 Å². The maximum atomic E-state index is 13.4. The van der Waals surface area contributed by atoms with Crippen molar-refractivity contribution in [2.45, 2.75) is 26.2 Å². The van der Waals surface area contributed by atoms with Crippen LogP contribution in [0.5, 0.6) is 0 Å². The third kappa shape index (κ3) is 4.30. The molecule has 0 bridgehead atoms. The van der Waals surface area contributed by atoms with Gasteiger partial charge in [-0.05, 0) is 43.4 Å². The SMILES string of the molecule is CC1CCN(C(=O)CNCCc2ccccc2F)CC1. The van der Waals surface area contributed by atoms with Crippen molar-refractivity contribution in [1.29, 1.82) is 0 Å². The lowest BCUT2D eigenvalue weighted by Crippen LogP contribution is -2.42. The molecular formula is C16H23FN2O. The van der Waals surface area contributed by atoms with Crippen molar-refractivity contribution in [3.63, 3.8) is 0 Å². The van der Waals surface area contributed by atoms with Gasteiger partial charge in [-0.1, -0.05) is 25.1 Å². The Bertz CT molecular complexity index is 442. The number of hydrogen-bond acceptors (Lipinski definition) is 2. The number of halogens is 1. The summed E-state index contributed by atoms with van der Waals surface area (Å²) in [5.74, 6) is 0.712. The molecule has 110 valence electrons. The zero-order valence-corrected chi connectivity index (χ0v) is 12.1. The smallest absolute Gasteiger partial charge is 0.236 e. The summed E-state index contributed by atoms with van der Waals surface area (Å²) in [7, 11) is 0. The van der Waals surface area contributed by atoms with Gasteiger partial charge in [-0.15, -0.1) is 0 Å². The number of nitrogens with zero attached hydrogens (tertiary/aromatic N) is 1. The molecule has 4 heteroatoms. The number of piperidine rings is 1. The molecule has 0 aromatic heterocycles. The van der Waals surface area contributed by atoms with Gasteiger partial charge < -0.3 is 10.2 Å². The Morgan fingerprint density at radius 1 is 1.35 bits per heavy atom. The van der Waals surface area contributed by atoms with E-state index in [4.69, 9.17) is 0 Å². The second kappa shape index (κ2) is 7.39. The van der Waals surface area contributed by atoms with E-state index < -0.39 is 0 Å². The number of nitrogens with one attached hydrogen (secondary N) is 1. The van der Waals surface area contributed by atoms with Crippen molar-refractivity contribution in [2.24, 2.45) is 5.92 Å². The minimum Gasteiger partial charge on any atom is -0.342 e. The largest absolute Gasteiger partial charge is 0.342 e. The summed E-state index contributed by atoms with van der Waals surface area (Å²) < 4.78 is 13.4. The normalized spacial score (nSPS) is 16.4. The molecule has 3 nitrogen and oxygen atoms in total. The molecule has 1 aromatic carbocycles. The molecule has 1 fully saturated rings. The molecule has 1 saturated heterocycles. The Labute approximate surface area is 120 Å². The number of carbonyl (C=O) groups is 1. The fourth-order valence-corrected chi connectivity index (χ4v) is 2.49. The van der Waals surface area contributed by atoms with Gasteiger partial charge in [-0.3, -0.25) is 4.79 Å². The fraction of sp³-hybridized carbons (Fsp3) is 0.562. The van der Waals surface area contributed by atoms with E-state index in [2.05, 4.69) is 12.2 Å². The van der Waals surface area contributed by atoms with Crippen LogP contribution in [-0.4, -0.2) is 37.0 Å². The van der Waals surface area contributed by atoms with Crippen molar-refractivity contribution >= 4 is 5.91 Å². The first-order valence-electron chi connectivity index (χ1n) is 7.38. The molecule has 0 spiro atoms. The van der Waals surface area contributed by atoms with E-state index in [1.54, 1.807) is 12.1 Å². The zero-order chi connectivity index (χ0) is 14.4. The minimum atomic E-state index is -0.175. The molecule has 1 heterocycles. The number of carbonyl (C=O) groups excluding carboxylic acids is 1. The van der Waals surface area contributed by atoms with Gasteiger partial charge in [-0.2, -0.15) is 0 Å². The maximum absolute atomic E-state index is 13.4. The molecule has 1 N–H and O–H groups in total. The highest BCUT2D eigenvalue weighted by Crippen LogP contribution is 2.15. The lowest BCUT2D eigenvalue weighted by Gasteiger charge is -2.30. The zero-order valence-electron chi connectivity index (χ0n) is 12.1. The summed E-state index contributed by atoms with van der Waals surface area (Å²) in [6, 6.07) is 6.77. The highest BCUT2D eigenvalue weighted by atomic mass is 19.1. The van der Waals surface area contributed by atoms with Crippen LogP contribution in [0, 0.1) is 11.7 Å². The monoisotopic (exact) mass is 278 g/mol. The molecule has 20 heavy (non-hydrogen) atoms. The van der Waals surface area contributed by atoms with Gasteiger partial charge in [-0.25, -0.2) is 4.39 Å². The Balaban J connectivity index is 1.66. The number of rotatable bonds is 5. The van der Waals surface area contributed by atoms with Gasteiger partial charge in [0.25, 0.3) is 0 Å². The van der Waals surface area contributed by atoms with Gasteiger partial charge in [0.05, 0.1) is 6.54 Å². The van der Waals surface area contributed by atoms with Crippen LogP contribution in [0.4, 0.5) is 4.39 Å². The van der Waals surface area contributed by atoms with Crippen molar-refractivity contribution in [2.75, 3.05) is 26.2 Å². The van der Waals surface area contributed by atoms with Gasteiger partial charge in [0.2, 0.25) is 5.91 Å². The quantitative estimate of drug-likeness (QED) is 0.838. The molecule has 1 amide bonds. The van der Waals surface area contributed by atoms with Crippen LogP contribution in [0.2, 0.25) is 0 Å². The van der Waals surface area contributed by atoms with Crippen molar-refractivity contribution in [1.82, 2.24) is 10.2 Å². The molecule has 1 aliphatic rings. The van der Waals surface area contributed by atoms with Crippen LogP contribution in [0.1, 0.15) is 25.3 Å². The van der Waals surface area contributed by atoms with Crippen molar-refractivity contribution in [3.05, 3.63) is 35.6 Å². The molecule has 0 aliphatic carbocycles. The number of amides is 1. The van der Waals surface area contributed by atoms with E-state index in [0.717, 1.165) is 31.8 Å². The van der Waals surface area contributed by atoms with E-state index in [0.29, 0.717) is 25.1 Å². The Morgan fingerprint density at radius 2 is 2.05 bits per heavy atom. The Kier molecular flexibility index (Phi) is 5.53. The average molecular weight is 278 g/mol. The summed E-state index contributed by atoms with van der Waals surface area (Å²) in [5, 5.41) is 3.11. The van der Waals surface area contributed by atoms with E-state index in [1.807, 2.05) is 11.0 Å². The minimum absolute atomic E-state index is 0.158. The average Bonchev–Trinajstić information content (AvgIpc) is 2.46. The predicted molar refractivity (Wildman–Crippen MR) is 78.0 cm³/mol. The maximum Gasteiger partial charge on any atom is 0.236 e. The van der Waals surface area contributed by atoms with Gasteiger partial charge in [0, 0.05) is 13.1 Å². The number of hydrogen-bond donors (Lipinski definition) is 1. The molecular weight excluding hydrogens is 255 g/mol. The summed E-state index contributed by atoms with van der Waals surface area (Å²) in [6.45, 7) is 4.94. The molecule has 0 radical (unpaired) electrons. The van der Waals surface area contributed by atoms with Crippen LogP contribution in [-0.2, 0) is 11.2 Å². The fourth-order valence-electron chi connectivity index (χ4n) is 2.49. The third-order valence-electron chi connectivity index (χ3n) is 3.94. The molecule has 1 aromatic rings. The van der Waals surface area contributed by atoms with Gasteiger partial charge >= 0.3 is 0 Å². The molecule has 1 aliphatic heterocycles. The highest BCUT2D eigenvalue weighted by molar-refractivity contribution is 5.78. The Hall–Kier alpha value is -1.42. The lowest BCUT2D eigenvalue weighted by atomic mass is 9.99. The van der Waals surface area contributed by atoms with E-state index in [1.165, 1.54) is 6.07 Å². The predicted octanol–water partition coefficient (Wildman–Crippen LogP) is 2.22. The number of benzene rings is 1. The van der Waals surface area contributed by atoms with Gasteiger partial charge in [0.1, 0.15) is 5.82 Å². The second-order valence-corrected chi connectivity index (χ2v) is 5.58.